The predicted molar refractivity (Wildman–Crippen MR) is 58.9 cm³/mol. The Labute approximate surface area is 99.9 Å². The first-order valence-electron chi connectivity index (χ1n) is 5.47. The van der Waals surface area contributed by atoms with E-state index in [-0.39, 0.29) is 19.1 Å². The molecule has 1 N–H and O–H groups in total. The van der Waals surface area contributed by atoms with Gasteiger partial charge >= 0.3 is 12.0 Å². The largest absolute Gasteiger partial charge is 0.480 e. The molecule has 0 bridgehead atoms. The minimum Gasteiger partial charge on any atom is -0.480 e. The van der Waals surface area contributed by atoms with Gasteiger partial charge in [0.05, 0.1) is 19.8 Å². The van der Waals surface area contributed by atoms with Crippen molar-refractivity contribution in [1.82, 2.24) is 9.80 Å². The van der Waals surface area contributed by atoms with E-state index in [2.05, 4.69) is 0 Å². The number of methoxy groups -OCH3 is 1. The highest BCUT2D eigenvalue weighted by Gasteiger charge is 2.24. The van der Waals surface area contributed by atoms with Gasteiger partial charge in [-0.3, -0.25) is 4.79 Å². The fourth-order valence-electron chi connectivity index (χ4n) is 1.56. The topological polar surface area (TPSA) is 79.3 Å². The number of urea groups is 1. The number of aliphatic carboxylic acids is 1. The zero-order chi connectivity index (χ0) is 12.7. The Morgan fingerprint density at radius 3 is 2.59 bits per heavy atom. The molecule has 1 saturated heterocycles. The number of carboxylic acids is 1. The fourth-order valence-corrected chi connectivity index (χ4v) is 1.56. The maximum atomic E-state index is 12.0. The van der Waals surface area contributed by atoms with Crippen molar-refractivity contribution in [1.29, 1.82) is 0 Å². The van der Waals surface area contributed by atoms with Crippen LogP contribution in [0.15, 0.2) is 0 Å². The summed E-state index contributed by atoms with van der Waals surface area (Å²) < 4.78 is 10.00. The molecule has 0 aromatic carbocycles. The molecular formula is C10H18N2O5. The number of amides is 2. The van der Waals surface area contributed by atoms with E-state index in [0.717, 1.165) is 0 Å². The van der Waals surface area contributed by atoms with Crippen LogP contribution in [0.1, 0.15) is 0 Å². The fraction of sp³-hybridized carbons (Fsp3) is 0.800. The monoisotopic (exact) mass is 246 g/mol. The number of carbonyl (C=O) groups excluding carboxylic acids is 1. The zero-order valence-corrected chi connectivity index (χ0v) is 9.92. The zero-order valence-electron chi connectivity index (χ0n) is 9.92. The molecule has 7 heteroatoms. The number of hydrogen-bond donors (Lipinski definition) is 1. The van der Waals surface area contributed by atoms with Gasteiger partial charge in [-0.2, -0.15) is 0 Å². The lowest BCUT2D eigenvalue weighted by Crippen LogP contribution is -2.50. The highest BCUT2D eigenvalue weighted by atomic mass is 16.5. The molecule has 1 fully saturated rings. The molecule has 2 amide bonds. The molecule has 0 aromatic rings. The number of ether oxygens (including phenoxy) is 2. The molecule has 0 saturated carbocycles. The van der Waals surface area contributed by atoms with Crippen LogP contribution in [0, 0.1) is 0 Å². The Balaban J connectivity index is 2.53. The molecule has 7 nitrogen and oxygen atoms in total. The standard InChI is InChI=1S/C10H18N2O5/c1-16-5-2-12(8-9(13)14)10(15)11-3-6-17-7-4-11/h2-8H2,1H3,(H,13,14). The summed E-state index contributed by atoms with van der Waals surface area (Å²) in [4.78, 5) is 25.6. The van der Waals surface area contributed by atoms with Crippen LogP contribution in [0.2, 0.25) is 0 Å². The lowest BCUT2D eigenvalue weighted by atomic mass is 10.4. The van der Waals surface area contributed by atoms with Crippen molar-refractivity contribution in [2.45, 2.75) is 0 Å². The maximum absolute atomic E-state index is 12.0. The van der Waals surface area contributed by atoms with Gasteiger partial charge in [0.1, 0.15) is 6.54 Å². The van der Waals surface area contributed by atoms with Crippen molar-refractivity contribution >= 4 is 12.0 Å². The molecule has 0 unspecified atom stereocenters. The SMILES string of the molecule is COCCN(CC(=O)O)C(=O)N1CCOCC1. The number of rotatable bonds is 5. The van der Waals surface area contributed by atoms with Crippen LogP contribution in [0.5, 0.6) is 0 Å². The van der Waals surface area contributed by atoms with Gasteiger partial charge in [0.15, 0.2) is 0 Å². The van der Waals surface area contributed by atoms with Gasteiger partial charge in [-0.05, 0) is 0 Å². The Kier molecular flexibility index (Phi) is 5.71. The summed E-state index contributed by atoms with van der Waals surface area (Å²) in [5.41, 5.74) is 0. The van der Waals surface area contributed by atoms with Gasteiger partial charge in [0.25, 0.3) is 0 Å². The third-order valence-electron chi connectivity index (χ3n) is 2.44. The molecule has 1 heterocycles. The summed E-state index contributed by atoms with van der Waals surface area (Å²) >= 11 is 0. The van der Waals surface area contributed by atoms with E-state index >= 15 is 0 Å². The number of nitrogens with zero attached hydrogens (tertiary/aromatic N) is 2. The summed E-state index contributed by atoms with van der Waals surface area (Å²) in [5.74, 6) is -1.03. The van der Waals surface area contributed by atoms with Crippen molar-refractivity contribution in [3.63, 3.8) is 0 Å². The van der Waals surface area contributed by atoms with Crippen LogP contribution in [0.25, 0.3) is 0 Å². The van der Waals surface area contributed by atoms with Gasteiger partial charge < -0.3 is 24.4 Å². The minimum atomic E-state index is -1.03. The smallest absolute Gasteiger partial charge is 0.323 e. The quantitative estimate of drug-likeness (QED) is 0.705. The van der Waals surface area contributed by atoms with Crippen LogP contribution < -0.4 is 0 Å². The molecule has 1 rings (SSSR count). The van der Waals surface area contributed by atoms with Gasteiger partial charge in [-0.25, -0.2) is 4.79 Å². The van der Waals surface area contributed by atoms with E-state index in [1.165, 1.54) is 12.0 Å². The van der Waals surface area contributed by atoms with E-state index < -0.39 is 5.97 Å². The van der Waals surface area contributed by atoms with Crippen molar-refractivity contribution in [3.05, 3.63) is 0 Å². The summed E-state index contributed by atoms with van der Waals surface area (Å²) in [5, 5.41) is 8.75. The molecule has 1 aliphatic rings. The summed E-state index contributed by atoms with van der Waals surface area (Å²) in [6.07, 6.45) is 0. The molecule has 0 aliphatic carbocycles. The molecule has 0 aromatic heterocycles. The van der Waals surface area contributed by atoms with Gasteiger partial charge in [-0.1, -0.05) is 0 Å². The minimum absolute atomic E-state index is 0.271. The third-order valence-corrected chi connectivity index (χ3v) is 2.44. The maximum Gasteiger partial charge on any atom is 0.323 e. The second-order valence-electron chi connectivity index (χ2n) is 3.69. The van der Waals surface area contributed by atoms with Crippen molar-refractivity contribution in [2.75, 3.05) is 53.1 Å². The predicted octanol–water partition coefficient (Wildman–Crippen LogP) is -0.528. The third kappa shape index (κ3) is 4.58. The Morgan fingerprint density at radius 2 is 2.06 bits per heavy atom. The second kappa shape index (κ2) is 7.08. The van der Waals surface area contributed by atoms with Gasteiger partial charge in [0, 0.05) is 26.7 Å². The molecule has 0 atom stereocenters. The second-order valence-corrected chi connectivity index (χ2v) is 3.69. The molecule has 1 aliphatic heterocycles. The number of carbonyl (C=O) groups is 2. The Bertz CT molecular complexity index is 265. The van der Waals surface area contributed by atoms with Crippen molar-refractivity contribution in [3.8, 4) is 0 Å². The van der Waals surface area contributed by atoms with Crippen LogP contribution in [0.4, 0.5) is 4.79 Å². The molecule has 0 spiro atoms. The first kappa shape index (κ1) is 13.7. The molecular weight excluding hydrogens is 228 g/mol. The molecule has 0 radical (unpaired) electrons. The molecule has 17 heavy (non-hydrogen) atoms. The highest BCUT2D eigenvalue weighted by Crippen LogP contribution is 2.03. The summed E-state index contributed by atoms with van der Waals surface area (Å²) in [7, 11) is 1.51. The van der Waals surface area contributed by atoms with Crippen LogP contribution >= 0.6 is 0 Å². The number of hydrogen-bond acceptors (Lipinski definition) is 4. The summed E-state index contributed by atoms with van der Waals surface area (Å²) in [6, 6.07) is -0.271. The van der Waals surface area contributed by atoms with E-state index in [0.29, 0.717) is 32.9 Å². The number of morpholine rings is 1. The van der Waals surface area contributed by atoms with E-state index in [1.54, 1.807) is 4.90 Å². The van der Waals surface area contributed by atoms with Crippen LogP contribution in [-0.2, 0) is 14.3 Å². The van der Waals surface area contributed by atoms with Crippen LogP contribution in [-0.4, -0.2) is 80.0 Å². The van der Waals surface area contributed by atoms with E-state index in [1.807, 2.05) is 0 Å². The Morgan fingerprint density at radius 1 is 1.41 bits per heavy atom. The average molecular weight is 246 g/mol. The highest BCUT2D eigenvalue weighted by molar-refractivity contribution is 5.80. The van der Waals surface area contributed by atoms with Crippen molar-refractivity contribution in [2.24, 2.45) is 0 Å². The van der Waals surface area contributed by atoms with Crippen molar-refractivity contribution < 1.29 is 24.2 Å². The first-order chi connectivity index (χ1) is 8.15. The Hall–Kier alpha value is -1.34. The normalized spacial score (nSPS) is 15.7. The van der Waals surface area contributed by atoms with Gasteiger partial charge in [-0.15, -0.1) is 0 Å². The lowest BCUT2D eigenvalue weighted by molar-refractivity contribution is -0.137. The van der Waals surface area contributed by atoms with E-state index in [4.69, 9.17) is 14.6 Å². The van der Waals surface area contributed by atoms with E-state index in [9.17, 15) is 9.59 Å². The van der Waals surface area contributed by atoms with Gasteiger partial charge in [0.2, 0.25) is 0 Å². The lowest BCUT2D eigenvalue weighted by Gasteiger charge is -2.32. The number of carboxylic acid groups (broad SMARTS) is 1. The molecule has 98 valence electrons. The summed E-state index contributed by atoms with van der Waals surface area (Å²) in [6.45, 7) is 2.29. The first-order valence-corrected chi connectivity index (χ1v) is 5.47. The average Bonchev–Trinajstić information content (AvgIpc) is 2.34. The van der Waals surface area contributed by atoms with Crippen LogP contribution in [0.3, 0.4) is 0 Å².